The van der Waals surface area contributed by atoms with Crippen molar-refractivity contribution in [3.05, 3.63) is 71.3 Å². The van der Waals surface area contributed by atoms with Crippen LogP contribution in [0.3, 0.4) is 0 Å². The Morgan fingerprint density at radius 1 is 0.871 bits per heavy atom. The van der Waals surface area contributed by atoms with Gasteiger partial charge in [-0.15, -0.1) is 0 Å². The van der Waals surface area contributed by atoms with E-state index in [9.17, 15) is 17.6 Å². The average molecular weight is 876 g/mol. The summed E-state index contributed by atoms with van der Waals surface area (Å²) in [5, 5.41) is 13.1. The number of esters is 1. The maximum atomic E-state index is 14.7. The molecule has 0 aliphatic heterocycles. The van der Waals surface area contributed by atoms with Gasteiger partial charge in [-0.05, 0) is 191 Å². The van der Waals surface area contributed by atoms with E-state index in [2.05, 4.69) is 72.5 Å². The summed E-state index contributed by atoms with van der Waals surface area (Å²) in [6.07, 6.45) is 22.9. The van der Waals surface area contributed by atoms with Crippen LogP contribution >= 0.6 is 0 Å². The molecule has 5 fully saturated rings. The van der Waals surface area contributed by atoms with Gasteiger partial charge in [0.05, 0.1) is 16.8 Å². The molecule has 0 heterocycles. The van der Waals surface area contributed by atoms with Crippen LogP contribution in [0.1, 0.15) is 163 Å². The van der Waals surface area contributed by atoms with Crippen molar-refractivity contribution in [3.8, 4) is 0 Å². The Morgan fingerprint density at radius 3 is 2.19 bits per heavy atom. The summed E-state index contributed by atoms with van der Waals surface area (Å²) in [4.78, 5) is 13.3. The molecule has 0 amide bonds. The fourth-order valence-electron chi connectivity index (χ4n) is 15.8. The largest absolute Gasteiger partial charge is 0.460 e. The van der Waals surface area contributed by atoms with E-state index in [1.54, 1.807) is 0 Å². The van der Waals surface area contributed by atoms with Gasteiger partial charge in [-0.1, -0.05) is 96.2 Å². The highest BCUT2D eigenvalue weighted by Gasteiger charge is 2.70. The van der Waals surface area contributed by atoms with Gasteiger partial charge in [0.25, 0.3) is 0 Å². The fourth-order valence-corrected chi connectivity index (χ4v) is 17.0. The third-order valence-electron chi connectivity index (χ3n) is 19.5. The number of sulfone groups is 1. The topological polar surface area (TPSA) is 92.7 Å². The van der Waals surface area contributed by atoms with Crippen LogP contribution in [-0.4, -0.2) is 55.9 Å². The van der Waals surface area contributed by atoms with Gasteiger partial charge < -0.3 is 15.2 Å². The Bertz CT molecular complexity index is 1970. The molecule has 6 nitrogen and oxygen atoms in total. The number of nitrogens with one attached hydrogen (secondary N) is 1. The van der Waals surface area contributed by atoms with E-state index in [4.69, 9.17) is 9.84 Å². The van der Waals surface area contributed by atoms with Crippen molar-refractivity contribution in [1.29, 1.82) is 0 Å². The smallest absolute Gasteiger partial charge is 0.315 e. The number of ether oxygens (including phenoxy) is 1. The number of carbonyl (C=O) groups excluding carboxylic acids is 1. The number of hydrogen-bond acceptors (Lipinski definition) is 6. The van der Waals surface area contributed by atoms with Gasteiger partial charge in [0.2, 0.25) is 0 Å². The van der Waals surface area contributed by atoms with Gasteiger partial charge in [0.1, 0.15) is 23.1 Å². The van der Waals surface area contributed by atoms with Crippen LogP contribution in [0.5, 0.6) is 0 Å². The molecule has 0 saturated heterocycles. The Labute approximate surface area is 375 Å². The first-order chi connectivity index (χ1) is 29.2. The van der Waals surface area contributed by atoms with Crippen LogP contribution in [0.4, 0.5) is 4.39 Å². The lowest BCUT2D eigenvalue weighted by Crippen LogP contribution is -2.68. The average Bonchev–Trinajstić information content (AvgIpc) is 3.63. The van der Waals surface area contributed by atoms with Crippen LogP contribution < -0.4 is 5.32 Å². The van der Waals surface area contributed by atoms with E-state index in [0.29, 0.717) is 78.6 Å². The van der Waals surface area contributed by atoms with E-state index in [0.717, 1.165) is 30.9 Å². The molecule has 0 unspecified atom stereocenters. The number of aliphatic hydroxyl groups excluding tert-OH is 1. The lowest BCUT2D eigenvalue weighted by atomic mass is 9.33. The predicted molar refractivity (Wildman–Crippen MR) is 251 cm³/mol. The fraction of sp³-hybridized carbons (Fsp3) is 0.759. The lowest BCUT2D eigenvalue weighted by molar-refractivity contribution is -0.221. The molecular formula is C54H82FNO5S. The lowest BCUT2D eigenvalue weighted by Gasteiger charge is -2.72. The van der Waals surface area contributed by atoms with Crippen molar-refractivity contribution in [2.45, 2.75) is 181 Å². The van der Waals surface area contributed by atoms with Crippen LogP contribution in [-0.2, 0) is 26.0 Å². The number of rotatable bonds is 10. The van der Waals surface area contributed by atoms with Crippen molar-refractivity contribution >= 4 is 15.8 Å². The number of aliphatic hydroxyl groups is 1. The van der Waals surface area contributed by atoms with Crippen molar-refractivity contribution in [2.24, 2.45) is 56.7 Å². The summed E-state index contributed by atoms with van der Waals surface area (Å²) in [7, 11) is -2.86. The maximum Gasteiger partial charge on any atom is 0.315 e. The minimum absolute atomic E-state index is 0.0315. The zero-order valence-corrected chi connectivity index (χ0v) is 40.6. The summed E-state index contributed by atoms with van der Waals surface area (Å²) in [5.74, 6) is 3.04. The first-order valence-corrected chi connectivity index (χ1v) is 26.6. The van der Waals surface area contributed by atoms with Crippen LogP contribution in [0.15, 0.2) is 65.8 Å². The molecule has 10 atom stereocenters. The van der Waals surface area contributed by atoms with Gasteiger partial charge in [-0.25, -0.2) is 12.8 Å². The van der Waals surface area contributed by atoms with E-state index < -0.39 is 27.9 Å². The summed E-state index contributed by atoms with van der Waals surface area (Å²) in [5.41, 5.74) is 5.36. The first kappa shape index (κ1) is 47.7. The van der Waals surface area contributed by atoms with Crippen molar-refractivity contribution < 1.29 is 27.4 Å². The molecule has 1 aromatic carbocycles. The number of allylic oxidation sites excluding steroid dienone is 5. The second-order valence-electron chi connectivity index (χ2n) is 23.0. The van der Waals surface area contributed by atoms with Crippen molar-refractivity contribution in [2.75, 3.05) is 19.5 Å². The molecule has 1 aromatic rings. The summed E-state index contributed by atoms with van der Waals surface area (Å²) in [6, 6.07) is 9.71. The highest BCUT2D eigenvalue weighted by Crippen LogP contribution is 2.76. The quantitative estimate of drug-likeness (QED) is 0.180. The van der Waals surface area contributed by atoms with Gasteiger partial charge in [-0.3, -0.25) is 4.79 Å². The molecule has 7 aliphatic carbocycles. The molecule has 5 saturated carbocycles. The molecule has 62 heavy (non-hydrogen) atoms. The summed E-state index contributed by atoms with van der Waals surface area (Å²) < 4.78 is 42.4. The van der Waals surface area contributed by atoms with Crippen LogP contribution in [0.25, 0.3) is 0 Å². The van der Waals surface area contributed by atoms with E-state index >= 15 is 0 Å². The molecule has 0 bridgehead atoms. The summed E-state index contributed by atoms with van der Waals surface area (Å²) >= 11 is 0. The number of carbonyl (C=O) groups is 1. The zero-order valence-electron chi connectivity index (χ0n) is 39.8. The van der Waals surface area contributed by atoms with Gasteiger partial charge in [0, 0.05) is 11.8 Å². The van der Waals surface area contributed by atoms with Gasteiger partial charge in [0.15, 0.2) is 0 Å². The number of hydrogen-bond donors (Lipinski definition) is 2. The molecule has 0 spiro atoms. The second-order valence-corrected chi connectivity index (χ2v) is 25.3. The van der Waals surface area contributed by atoms with Gasteiger partial charge in [-0.2, -0.15) is 0 Å². The van der Waals surface area contributed by atoms with E-state index in [-0.39, 0.29) is 28.8 Å². The Kier molecular flexibility index (Phi) is 13.7. The van der Waals surface area contributed by atoms with Crippen LogP contribution in [0, 0.1) is 56.7 Å². The van der Waals surface area contributed by atoms with Crippen molar-refractivity contribution in [1.82, 2.24) is 5.32 Å². The van der Waals surface area contributed by atoms with Crippen molar-refractivity contribution in [3.63, 3.8) is 0 Å². The molecule has 0 aromatic heterocycles. The third-order valence-corrected chi connectivity index (χ3v) is 21.2. The minimum atomic E-state index is -2.86. The first-order valence-electron chi connectivity index (χ1n) is 24.7. The monoisotopic (exact) mass is 876 g/mol. The van der Waals surface area contributed by atoms with E-state index in [1.807, 2.05) is 30.3 Å². The third kappa shape index (κ3) is 8.28. The molecule has 7 aliphatic rings. The molecule has 346 valence electrons. The molecule has 2 N–H and O–H groups in total. The molecule has 0 radical (unpaired) electrons. The predicted octanol–water partition coefficient (Wildman–Crippen LogP) is 12.1. The highest BCUT2D eigenvalue weighted by atomic mass is 32.2. The van der Waals surface area contributed by atoms with Crippen LogP contribution in [0.2, 0.25) is 0 Å². The Hall–Kier alpha value is -2.29. The maximum absolute atomic E-state index is 14.7. The van der Waals surface area contributed by atoms with E-state index in [1.165, 1.54) is 80.8 Å². The SMILES string of the molecule is C=C(C)[C@@H]1CC[C@]2(NCCC)CC[C@]3(C)[C@H](CC[C@@H]4[C@@]5(C)CC=C(C6=CC[C@](CF)(C(=O)OCc7ccccc7)CC6)C(C)(C)[C@@H]5CC[C@]43C)[C@@H]12.CS(=O)(=O)C1CCC(O)CC1. The molecule has 8 rings (SSSR count). The Balaban J connectivity index is 0.000000459. The number of fused-ring (bicyclic) bond motifs is 7. The number of benzene rings is 1. The zero-order chi connectivity index (χ0) is 44.9. The Morgan fingerprint density at radius 2 is 1.58 bits per heavy atom. The normalized spacial score (nSPS) is 41.1. The highest BCUT2D eigenvalue weighted by molar-refractivity contribution is 7.91. The number of halogens is 1. The second kappa shape index (κ2) is 17.8. The summed E-state index contributed by atoms with van der Waals surface area (Å²) in [6.45, 7) is 23.1. The standard InChI is InChI=1S/C47H68FNO2.C7H14O3S/c1-9-29-49-47-26-19-35(32(2)3)40(47)37-15-16-39-43(6)22-20-36(42(4,5)38(43)21-23-45(39,8)44(37,7)27-28-47)34-17-24-46(31-48,25-18-34)41(50)51-30-33-13-11-10-12-14-33;1-11(9,10)7-4-2-6(8)3-5-7/h10-14,17,20,35,37-40,49H,2,9,15-16,18-19,21-31H2,1,3-8H3;6-8H,2-5H2,1H3/t35-,37+,38-,39+,40+,43-,44+,45+,46-,47-;/m0./s1. The molecular weight excluding hydrogens is 794 g/mol. The minimum Gasteiger partial charge on any atom is -0.460 e. The van der Waals surface area contributed by atoms with Gasteiger partial charge >= 0.3 is 5.97 Å². The number of alkyl halides is 1. The molecule has 8 heteroatoms.